The van der Waals surface area contributed by atoms with E-state index in [1.807, 2.05) is 0 Å². The number of rotatable bonds is 7. The fourth-order valence-electron chi connectivity index (χ4n) is 1.87. The molecule has 0 aliphatic heterocycles. The molecular formula is C17H16N2O6. The van der Waals surface area contributed by atoms with Crippen molar-refractivity contribution < 1.29 is 28.6 Å². The molecule has 8 heteroatoms. The maximum Gasteiger partial charge on any atom is 0.322 e. The SMILES string of the molecule is COc1ccc(C=C(NC(=O)c2ccco2)C(=O)NCC(=O)O)cc1. The summed E-state index contributed by atoms with van der Waals surface area (Å²) in [5.74, 6) is -1.91. The molecule has 1 aromatic heterocycles. The second kappa shape index (κ2) is 8.34. The van der Waals surface area contributed by atoms with E-state index in [-0.39, 0.29) is 11.5 Å². The maximum absolute atomic E-state index is 12.2. The number of carbonyl (C=O) groups excluding carboxylic acids is 2. The molecule has 0 aliphatic carbocycles. The Bertz CT molecular complexity index is 778. The highest BCUT2D eigenvalue weighted by atomic mass is 16.5. The number of amides is 2. The molecule has 25 heavy (non-hydrogen) atoms. The molecule has 0 unspecified atom stereocenters. The minimum absolute atomic E-state index is 0.0201. The van der Waals surface area contributed by atoms with Crippen molar-refractivity contribution in [2.24, 2.45) is 0 Å². The Balaban J connectivity index is 2.23. The first kappa shape index (κ1) is 17.8. The molecule has 0 spiro atoms. The number of carboxylic acids is 1. The highest BCUT2D eigenvalue weighted by Gasteiger charge is 2.16. The van der Waals surface area contributed by atoms with E-state index < -0.39 is 24.3 Å². The predicted octanol–water partition coefficient (Wildman–Crippen LogP) is 1.26. The van der Waals surface area contributed by atoms with E-state index in [1.165, 1.54) is 31.6 Å². The van der Waals surface area contributed by atoms with Gasteiger partial charge in [0.05, 0.1) is 13.4 Å². The summed E-state index contributed by atoms with van der Waals surface area (Å²) >= 11 is 0. The Kier molecular flexibility index (Phi) is 5.94. The third kappa shape index (κ3) is 5.24. The zero-order valence-corrected chi connectivity index (χ0v) is 13.3. The third-order valence-corrected chi connectivity index (χ3v) is 3.06. The van der Waals surface area contributed by atoms with Gasteiger partial charge in [-0.15, -0.1) is 0 Å². The minimum atomic E-state index is -1.20. The van der Waals surface area contributed by atoms with Crippen molar-refractivity contribution in [2.45, 2.75) is 0 Å². The van der Waals surface area contributed by atoms with Gasteiger partial charge in [0.15, 0.2) is 5.76 Å². The van der Waals surface area contributed by atoms with Crippen LogP contribution in [0.1, 0.15) is 16.1 Å². The normalized spacial score (nSPS) is 10.8. The molecule has 130 valence electrons. The van der Waals surface area contributed by atoms with Gasteiger partial charge in [-0.25, -0.2) is 0 Å². The molecule has 0 bridgehead atoms. The lowest BCUT2D eigenvalue weighted by atomic mass is 10.1. The van der Waals surface area contributed by atoms with Crippen molar-refractivity contribution in [2.75, 3.05) is 13.7 Å². The first-order chi connectivity index (χ1) is 12.0. The first-order valence-electron chi connectivity index (χ1n) is 7.20. The lowest BCUT2D eigenvalue weighted by Gasteiger charge is -2.09. The van der Waals surface area contributed by atoms with Crippen molar-refractivity contribution in [1.82, 2.24) is 10.6 Å². The average molecular weight is 344 g/mol. The monoisotopic (exact) mass is 344 g/mol. The van der Waals surface area contributed by atoms with Crippen molar-refractivity contribution >= 4 is 23.9 Å². The maximum atomic E-state index is 12.2. The van der Waals surface area contributed by atoms with Crippen LogP contribution in [0.3, 0.4) is 0 Å². The first-order valence-corrected chi connectivity index (χ1v) is 7.20. The molecule has 1 aromatic carbocycles. The van der Waals surface area contributed by atoms with Crippen LogP contribution in [0.4, 0.5) is 0 Å². The molecule has 2 aromatic rings. The zero-order chi connectivity index (χ0) is 18.2. The van der Waals surface area contributed by atoms with Crippen molar-refractivity contribution in [3.63, 3.8) is 0 Å². The number of carbonyl (C=O) groups is 3. The fraction of sp³-hybridized carbons (Fsp3) is 0.118. The van der Waals surface area contributed by atoms with Crippen LogP contribution in [-0.4, -0.2) is 36.5 Å². The molecule has 2 rings (SSSR count). The zero-order valence-electron chi connectivity index (χ0n) is 13.3. The van der Waals surface area contributed by atoms with Crippen LogP contribution in [-0.2, 0) is 9.59 Å². The van der Waals surface area contributed by atoms with Crippen molar-refractivity contribution in [1.29, 1.82) is 0 Å². The second-order valence-corrected chi connectivity index (χ2v) is 4.84. The van der Waals surface area contributed by atoms with Gasteiger partial charge in [0, 0.05) is 0 Å². The Morgan fingerprint density at radius 2 is 1.92 bits per heavy atom. The summed E-state index contributed by atoms with van der Waals surface area (Å²) in [6, 6.07) is 9.71. The number of carboxylic acid groups (broad SMARTS) is 1. The van der Waals surface area contributed by atoms with Gasteiger partial charge in [0.1, 0.15) is 18.0 Å². The van der Waals surface area contributed by atoms with E-state index in [9.17, 15) is 14.4 Å². The van der Waals surface area contributed by atoms with Gasteiger partial charge in [-0.05, 0) is 35.9 Å². The molecule has 8 nitrogen and oxygen atoms in total. The molecule has 0 aliphatic rings. The Morgan fingerprint density at radius 3 is 2.48 bits per heavy atom. The summed E-state index contributed by atoms with van der Waals surface area (Å²) in [6.07, 6.45) is 2.74. The van der Waals surface area contributed by atoms with Gasteiger partial charge >= 0.3 is 5.97 Å². The lowest BCUT2D eigenvalue weighted by molar-refractivity contribution is -0.137. The Morgan fingerprint density at radius 1 is 1.20 bits per heavy atom. The van der Waals surface area contributed by atoms with Crippen LogP contribution in [0, 0.1) is 0 Å². The van der Waals surface area contributed by atoms with E-state index in [1.54, 1.807) is 24.3 Å². The molecule has 1 heterocycles. The number of benzene rings is 1. The number of furan rings is 1. The van der Waals surface area contributed by atoms with Crippen LogP contribution in [0.2, 0.25) is 0 Å². The third-order valence-electron chi connectivity index (χ3n) is 3.06. The van der Waals surface area contributed by atoms with Gasteiger partial charge in [-0.1, -0.05) is 12.1 Å². The van der Waals surface area contributed by atoms with Crippen LogP contribution >= 0.6 is 0 Å². The molecule has 0 radical (unpaired) electrons. The van der Waals surface area contributed by atoms with Crippen LogP contribution in [0.5, 0.6) is 5.75 Å². The summed E-state index contributed by atoms with van der Waals surface area (Å²) < 4.78 is 10.0. The van der Waals surface area contributed by atoms with Crippen LogP contribution in [0.25, 0.3) is 6.08 Å². The number of hydrogen-bond donors (Lipinski definition) is 3. The number of hydrogen-bond acceptors (Lipinski definition) is 5. The standard InChI is InChI=1S/C17H16N2O6/c1-24-12-6-4-11(5-7-12)9-13(16(22)18-10-15(20)21)19-17(23)14-3-2-8-25-14/h2-9H,10H2,1H3,(H,18,22)(H,19,23)(H,20,21). The number of methoxy groups -OCH3 is 1. The lowest BCUT2D eigenvalue weighted by Crippen LogP contribution is -2.37. The van der Waals surface area contributed by atoms with Gasteiger partial charge in [0.25, 0.3) is 11.8 Å². The van der Waals surface area contributed by atoms with Gasteiger partial charge in [-0.2, -0.15) is 0 Å². The second-order valence-electron chi connectivity index (χ2n) is 4.84. The summed E-state index contributed by atoms with van der Waals surface area (Å²) in [5.41, 5.74) is 0.494. The number of nitrogens with one attached hydrogen (secondary N) is 2. The highest BCUT2D eigenvalue weighted by Crippen LogP contribution is 2.14. The van der Waals surface area contributed by atoms with Crippen molar-refractivity contribution in [3.05, 3.63) is 59.7 Å². The van der Waals surface area contributed by atoms with E-state index in [4.69, 9.17) is 14.3 Å². The molecule has 0 saturated carbocycles. The fourth-order valence-corrected chi connectivity index (χ4v) is 1.87. The Hall–Kier alpha value is -3.55. The van der Waals surface area contributed by atoms with E-state index in [0.29, 0.717) is 11.3 Å². The van der Waals surface area contributed by atoms with Gasteiger partial charge in [-0.3, -0.25) is 14.4 Å². The highest BCUT2D eigenvalue weighted by molar-refractivity contribution is 6.04. The molecule has 0 fully saturated rings. The van der Waals surface area contributed by atoms with Gasteiger partial charge < -0.3 is 24.9 Å². The number of ether oxygens (including phenoxy) is 1. The van der Waals surface area contributed by atoms with Crippen LogP contribution < -0.4 is 15.4 Å². The molecule has 3 N–H and O–H groups in total. The average Bonchev–Trinajstić information content (AvgIpc) is 3.14. The van der Waals surface area contributed by atoms with E-state index >= 15 is 0 Å². The molecule has 0 atom stereocenters. The minimum Gasteiger partial charge on any atom is -0.497 e. The summed E-state index contributed by atoms with van der Waals surface area (Å²) in [4.78, 5) is 34.9. The molecule has 2 amide bonds. The van der Waals surface area contributed by atoms with E-state index in [0.717, 1.165) is 0 Å². The summed E-state index contributed by atoms with van der Waals surface area (Å²) in [5, 5.41) is 13.3. The summed E-state index contributed by atoms with van der Waals surface area (Å²) in [7, 11) is 1.53. The van der Waals surface area contributed by atoms with Gasteiger partial charge in [0.2, 0.25) is 0 Å². The quantitative estimate of drug-likeness (QED) is 0.651. The van der Waals surface area contributed by atoms with Crippen molar-refractivity contribution in [3.8, 4) is 5.75 Å². The van der Waals surface area contributed by atoms with Crippen LogP contribution in [0.15, 0.2) is 52.8 Å². The smallest absolute Gasteiger partial charge is 0.322 e. The summed E-state index contributed by atoms with van der Waals surface area (Å²) in [6.45, 7) is -0.574. The van der Waals surface area contributed by atoms with E-state index in [2.05, 4.69) is 10.6 Å². The number of aliphatic carboxylic acids is 1. The predicted molar refractivity (Wildman–Crippen MR) is 87.8 cm³/mol. The largest absolute Gasteiger partial charge is 0.497 e. The molecule has 0 saturated heterocycles. The Labute approximate surface area is 143 Å². The topological polar surface area (TPSA) is 118 Å². The molecular weight excluding hydrogens is 328 g/mol.